The van der Waals surface area contributed by atoms with Crippen LogP contribution in [0.2, 0.25) is 0 Å². The fourth-order valence-corrected chi connectivity index (χ4v) is 5.64. The number of methoxy groups -OCH3 is 1. The fraction of sp³-hybridized carbons (Fsp3) is 0.303. The number of carbonyl (C=O) groups is 1. The van der Waals surface area contributed by atoms with E-state index in [2.05, 4.69) is 35.9 Å². The maximum absolute atomic E-state index is 11.8. The lowest BCUT2D eigenvalue weighted by Crippen LogP contribution is -2.42. The highest BCUT2D eigenvalue weighted by atomic mass is 32.2. The first-order valence-electron chi connectivity index (χ1n) is 14.2. The van der Waals surface area contributed by atoms with Crippen molar-refractivity contribution < 1.29 is 14.6 Å². The van der Waals surface area contributed by atoms with Gasteiger partial charge in [0, 0.05) is 40.9 Å². The largest absolute Gasteiger partial charge is 0.453 e. The summed E-state index contributed by atoms with van der Waals surface area (Å²) in [6.07, 6.45) is 1.35. The monoisotopic (exact) mass is 587 g/mol. The van der Waals surface area contributed by atoms with Crippen LogP contribution in [0, 0.1) is 0 Å². The van der Waals surface area contributed by atoms with Crippen molar-refractivity contribution in [2.45, 2.75) is 55.7 Å². The summed E-state index contributed by atoms with van der Waals surface area (Å²) >= 11 is 1.64. The molecule has 222 valence electrons. The highest BCUT2D eigenvalue weighted by molar-refractivity contribution is 7.99. The number of amides is 1. The molecule has 1 aromatic heterocycles. The molecule has 0 aliphatic carbocycles. The molecule has 2 heterocycles. The minimum Gasteiger partial charge on any atom is -0.453 e. The van der Waals surface area contributed by atoms with Crippen LogP contribution in [0.4, 0.5) is 16.6 Å². The van der Waals surface area contributed by atoms with E-state index >= 15 is 0 Å². The molecule has 1 aliphatic heterocycles. The van der Waals surface area contributed by atoms with Crippen LogP contribution < -0.4 is 10.6 Å². The van der Waals surface area contributed by atoms with Crippen LogP contribution in [0.1, 0.15) is 37.8 Å². The van der Waals surface area contributed by atoms with Crippen molar-refractivity contribution in [1.29, 1.82) is 0 Å². The highest BCUT2D eigenvalue weighted by Crippen LogP contribution is 2.33. The normalized spacial score (nSPS) is 12.8. The number of likely N-dealkylation sites (tertiary alicyclic amines) is 1. The molecular weight excluding hydrogens is 546 g/mol. The quantitative estimate of drug-likeness (QED) is 0.184. The Hall–Kier alpha value is -4.08. The Morgan fingerprint density at radius 1 is 0.952 bits per heavy atom. The van der Waals surface area contributed by atoms with E-state index in [4.69, 9.17) is 14.7 Å². The van der Waals surface area contributed by atoms with E-state index in [1.807, 2.05) is 74.5 Å². The number of aliphatic hydroxyl groups excluding tert-OH is 1. The molecule has 1 amide bonds. The van der Waals surface area contributed by atoms with E-state index in [1.165, 1.54) is 7.11 Å². The zero-order chi connectivity index (χ0) is 30.3. The molecule has 0 bridgehead atoms. The third-order valence-corrected chi connectivity index (χ3v) is 7.88. The van der Waals surface area contributed by atoms with Crippen LogP contribution in [-0.2, 0) is 17.9 Å². The number of benzene rings is 3. The Morgan fingerprint density at radius 2 is 1.55 bits per heavy atom. The summed E-state index contributed by atoms with van der Waals surface area (Å²) in [6.45, 7) is 11.9. The van der Waals surface area contributed by atoms with E-state index in [-0.39, 0.29) is 18.7 Å². The third kappa shape index (κ3) is 8.47. The molecule has 3 aromatic carbocycles. The molecule has 0 radical (unpaired) electrons. The Bertz CT molecular complexity index is 1430. The van der Waals surface area contributed by atoms with Crippen molar-refractivity contribution in [1.82, 2.24) is 14.9 Å². The standard InChI is InChI=1S/C29H31N5O3S.C2H6.C2H4/c1-37-29(36)34-16-14-22(15-17-34)31-27-23-10-4-5-11-24(23)32-28(33-27)30-18-20-8-2-6-12-25(20)38-26-13-7-3-9-21(26)19-35;2*1-2/h2-13,22,35H,14-19H2,1H3,(H2,30,31,32,33);1-2H3;1-2H2. The number of piperidine rings is 1. The van der Waals surface area contributed by atoms with Crippen LogP contribution in [0.3, 0.4) is 0 Å². The first-order chi connectivity index (χ1) is 20.6. The minimum absolute atomic E-state index is 0.00596. The third-order valence-electron chi connectivity index (χ3n) is 6.64. The number of ether oxygens (including phenoxy) is 1. The molecule has 3 N–H and O–H groups in total. The van der Waals surface area contributed by atoms with Crippen molar-refractivity contribution in [3.63, 3.8) is 0 Å². The van der Waals surface area contributed by atoms with Gasteiger partial charge >= 0.3 is 6.09 Å². The van der Waals surface area contributed by atoms with Gasteiger partial charge in [-0.15, -0.1) is 13.2 Å². The van der Waals surface area contributed by atoms with Crippen LogP contribution in [0.15, 0.2) is 95.7 Å². The number of nitrogens with one attached hydrogen (secondary N) is 2. The summed E-state index contributed by atoms with van der Waals surface area (Å²) in [5.74, 6) is 1.34. The van der Waals surface area contributed by atoms with E-state index in [0.29, 0.717) is 25.6 Å². The Balaban J connectivity index is 0.00000116. The molecule has 1 saturated heterocycles. The van der Waals surface area contributed by atoms with Crippen molar-refractivity contribution in [2.75, 3.05) is 30.8 Å². The van der Waals surface area contributed by atoms with Gasteiger partial charge in [-0.05, 0) is 48.2 Å². The minimum atomic E-state index is -0.277. The molecule has 5 rings (SSSR count). The van der Waals surface area contributed by atoms with Gasteiger partial charge in [-0.2, -0.15) is 4.98 Å². The van der Waals surface area contributed by atoms with Gasteiger partial charge in [0.2, 0.25) is 5.95 Å². The number of hydrogen-bond donors (Lipinski definition) is 3. The lowest BCUT2D eigenvalue weighted by molar-refractivity contribution is 0.113. The number of fused-ring (bicyclic) bond motifs is 1. The predicted octanol–water partition coefficient (Wildman–Crippen LogP) is 7.36. The first kappa shape index (κ1) is 32.4. The van der Waals surface area contributed by atoms with Gasteiger partial charge in [-0.1, -0.05) is 74.1 Å². The van der Waals surface area contributed by atoms with Crippen molar-refractivity contribution in [2.24, 2.45) is 0 Å². The van der Waals surface area contributed by atoms with Crippen LogP contribution in [0.5, 0.6) is 0 Å². The molecule has 1 aliphatic rings. The number of para-hydroxylation sites is 1. The van der Waals surface area contributed by atoms with E-state index in [0.717, 1.165) is 50.5 Å². The zero-order valence-electron chi connectivity index (χ0n) is 24.7. The van der Waals surface area contributed by atoms with Crippen molar-refractivity contribution in [3.8, 4) is 0 Å². The molecular formula is C33H41N5O3S. The van der Waals surface area contributed by atoms with Gasteiger partial charge < -0.3 is 25.4 Å². The van der Waals surface area contributed by atoms with E-state index in [9.17, 15) is 9.90 Å². The second kappa shape index (κ2) is 17.0. The summed E-state index contributed by atoms with van der Waals surface area (Å²) in [4.78, 5) is 25.3. The molecule has 0 spiro atoms. The van der Waals surface area contributed by atoms with E-state index in [1.54, 1.807) is 16.7 Å². The summed E-state index contributed by atoms with van der Waals surface area (Å²) < 4.78 is 4.86. The van der Waals surface area contributed by atoms with Gasteiger partial charge in [0.15, 0.2) is 0 Å². The van der Waals surface area contributed by atoms with Crippen LogP contribution in [0.25, 0.3) is 10.9 Å². The topological polar surface area (TPSA) is 99.6 Å². The number of aliphatic hydroxyl groups is 1. The van der Waals surface area contributed by atoms with Crippen LogP contribution in [-0.4, -0.2) is 52.3 Å². The Labute approximate surface area is 253 Å². The summed E-state index contributed by atoms with van der Waals surface area (Å²) in [5.41, 5.74) is 2.89. The number of nitrogens with zero attached hydrogens (tertiary/aromatic N) is 3. The molecule has 8 nitrogen and oxygen atoms in total. The molecule has 0 atom stereocenters. The molecule has 42 heavy (non-hydrogen) atoms. The van der Waals surface area contributed by atoms with Crippen molar-refractivity contribution >= 4 is 40.5 Å². The Kier molecular flexibility index (Phi) is 13.1. The maximum Gasteiger partial charge on any atom is 0.409 e. The average molecular weight is 588 g/mol. The smallest absolute Gasteiger partial charge is 0.409 e. The Morgan fingerprint density at radius 3 is 2.21 bits per heavy atom. The second-order valence-corrected chi connectivity index (χ2v) is 10.2. The molecule has 0 saturated carbocycles. The van der Waals surface area contributed by atoms with Gasteiger partial charge in [0.25, 0.3) is 0 Å². The number of rotatable bonds is 8. The van der Waals surface area contributed by atoms with Gasteiger partial charge in [0.1, 0.15) is 5.82 Å². The maximum atomic E-state index is 11.8. The highest BCUT2D eigenvalue weighted by Gasteiger charge is 2.24. The fourth-order valence-electron chi connectivity index (χ4n) is 4.57. The van der Waals surface area contributed by atoms with Crippen molar-refractivity contribution in [3.05, 3.63) is 97.1 Å². The summed E-state index contributed by atoms with van der Waals surface area (Å²) in [5, 5.41) is 17.7. The zero-order valence-corrected chi connectivity index (χ0v) is 25.5. The summed E-state index contributed by atoms with van der Waals surface area (Å²) in [6, 6.07) is 24.3. The molecule has 9 heteroatoms. The van der Waals surface area contributed by atoms with Gasteiger partial charge in [-0.3, -0.25) is 0 Å². The first-order valence-corrected chi connectivity index (χ1v) is 15.0. The number of carbonyl (C=O) groups excluding carboxylic acids is 1. The molecule has 4 aromatic rings. The number of aromatic nitrogens is 2. The molecule has 0 unspecified atom stereocenters. The van der Waals surface area contributed by atoms with Gasteiger partial charge in [-0.25, -0.2) is 9.78 Å². The van der Waals surface area contributed by atoms with E-state index < -0.39 is 0 Å². The molecule has 1 fully saturated rings. The SMILES string of the molecule is C=C.CC.COC(=O)N1CCC(Nc2nc(NCc3ccccc3Sc3ccccc3CO)nc3ccccc23)CC1. The predicted molar refractivity (Wildman–Crippen MR) is 173 cm³/mol. The van der Waals surface area contributed by atoms with Crippen LogP contribution >= 0.6 is 11.8 Å². The average Bonchev–Trinajstić information content (AvgIpc) is 3.06. The lowest BCUT2D eigenvalue weighted by atomic mass is 10.1. The lowest BCUT2D eigenvalue weighted by Gasteiger charge is -2.31. The van der Waals surface area contributed by atoms with Gasteiger partial charge in [0.05, 0.1) is 19.2 Å². The summed E-state index contributed by atoms with van der Waals surface area (Å²) in [7, 11) is 1.42. The number of anilines is 2. The number of hydrogen-bond acceptors (Lipinski definition) is 8. The second-order valence-electron chi connectivity index (χ2n) is 9.12.